The fraction of sp³-hybridized carbons (Fsp3) is 0.370. The number of nitrogens with one attached hydrogen (secondary N) is 2. The third-order valence-electron chi connectivity index (χ3n) is 6.57. The minimum atomic E-state index is -4.13. The summed E-state index contributed by atoms with van der Waals surface area (Å²) in [4.78, 5) is 30.9. The average Bonchev–Trinajstić information content (AvgIpc) is 3.25. The van der Waals surface area contributed by atoms with Crippen molar-refractivity contribution in [3.8, 4) is 12.3 Å². The molecule has 0 radical (unpaired) electrons. The van der Waals surface area contributed by atoms with Gasteiger partial charge in [-0.25, -0.2) is 13.2 Å². The second kappa shape index (κ2) is 11.7. The average molecular weight is 540 g/mol. The van der Waals surface area contributed by atoms with Gasteiger partial charge in [-0.05, 0) is 37.5 Å². The molecule has 1 aromatic carbocycles. The van der Waals surface area contributed by atoms with Crippen LogP contribution in [0.5, 0.6) is 0 Å². The number of carboxylic acids is 1. The number of carbonyl (C=O) groups is 2. The van der Waals surface area contributed by atoms with E-state index in [2.05, 4.69) is 10.9 Å². The zero-order valence-corrected chi connectivity index (χ0v) is 22.8. The summed E-state index contributed by atoms with van der Waals surface area (Å²) in [7, 11) is -2.43. The van der Waals surface area contributed by atoms with Crippen LogP contribution >= 0.6 is 0 Å². The summed E-state index contributed by atoms with van der Waals surface area (Å²) in [6.07, 6.45) is 8.02. The Bertz CT molecular complexity index is 1400. The smallest absolute Gasteiger partial charge is 0.327 e. The lowest BCUT2D eigenvalue weighted by Crippen LogP contribution is -2.60. The topological polar surface area (TPSA) is 138 Å². The lowest BCUT2D eigenvalue weighted by atomic mass is 10.1. The molecule has 1 saturated heterocycles. The zero-order valence-electron chi connectivity index (χ0n) is 22.0. The monoisotopic (exact) mass is 539 g/mol. The fourth-order valence-electron chi connectivity index (χ4n) is 4.10. The number of aromatic nitrogens is 1. The van der Waals surface area contributed by atoms with Crippen LogP contribution < -0.4 is 0 Å². The van der Waals surface area contributed by atoms with E-state index in [-0.39, 0.29) is 30.5 Å². The number of nitrogens with zero attached hydrogens (tertiary/aromatic N) is 3. The molecule has 3 rings (SSSR count). The molecule has 1 fully saturated rings. The maximum Gasteiger partial charge on any atom is 0.327 e. The van der Waals surface area contributed by atoms with Crippen LogP contribution in [0.15, 0.2) is 40.9 Å². The molecule has 0 saturated carbocycles. The number of hydrogen-bond donors (Lipinski definition) is 3. The Balaban J connectivity index is 1.80. The molecule has 2 aromatic rings. The molecule has 2 heterocycles. The van der Waals surface area contributed by atoms with Crippen LogP contribution in [0.25, 0.3) is 6.08 Å². The first-order chi connectivity index (χ1) is 17.9. The van der Waals surface area contributed by atoms with Crippen molar-refractivity contribution >= 4 is 33.8 Å². The van der Waals surface area contributed by atoms with Crippen molar-refractivity contribution < 1.29 is 23.1 Å². The standard InChI is InChI=1S/C27H33N5O5S/c1-6-12-30(5)26(28)21-10-8-20(9-11-21)15-32-23(27(34)35)16-31(17-25(32)33)38(36,37)24-14-22(19(4)29-24)13-18(3)7-2/h1,8-11,13-14,23,28-29H,7,12,15-17H2,2-5H3,(H,34,35)/b18-13+,28-26?. The molecular formula is C27H33N5O5S. The molecular weight excluding hydrogens is 506 g/mol. The molecule has 3 N–H and O–H groups in total. The van der Waals surface area contributed by atoms with E-state index in [1.165, 1.54) is 11.0 Å². The first-order valence-electron chi connectivity index (χ1n) is 12.1. The highest BCUT2D eigenvalue weighted by Crippen LogP contribution is 2.25. The number of aryl methyl sites for hydroxylation is 1. The minimum absolute atomic E-state index is 0.00958. The van der Waals surface area contributed by atoms with Crippen molar-refractivity contribution in [1.29, 1.82) is 5.41 Å². The largest absolute Gasteiger partial charge is 0.480 e. The van der Waals surface area contributed by atoms with Crippen molar-refractivity contribution in [1.82, 2.24) is 19.1 Å². The van der Waals surface area contributed by atoms with E-state index in [9.17, 15) is 23.1 Å². The van der Waals surface area contributed by atoms with E-state index in [0.29, 0.717) is 16.8 Å². The molecule has 0 bridgehead atoms. The Labute approximate surface area is 223 Å². The van der Waals surface area contributed by atoms with Gasteiger partial charge >= 0.3 is 5.97 Å². The Morgan fingerprint density at radius 2 is 2.00 bits per heavy atom. The molecule has 38 heavy (non-hydrogen) atoms. The number of carbonyl (C=O) groups excluding carboxylic acids is 1. The first kappa shape index (κ1) is 28.7. The van der Waals surface area contributed by atoms with Gasteiger partial charge in [0, 0.05) is 31.4 Å². The van der Waals surface area contributed by atoms with Gasteiger partial charge in [-0.1, -0.05) is 48.8 Å². The van der Waals surface area contributed by atoms with E-state index < -0.39 is 34.5 Å². The van der Waals surface area contributed by atoms with E-state index >= 15 is 0 Å². The van der Waals surface area contributed by atoms with Crippen LogP contribution in [-0.4, -0.2) is 83.0 Å². The second-order valence-corrected chi connectivity index (χ2v) is 11.2. The van der Waals surface area contributed by atoms with E-state index in [1.807, 2.05) is 19.9 Å². The highest BCUT2D eigenvalue weighted by atomic mass is 32.2. The lowest BCUT2D eigenvalue weighted by Gasteiger charge is -2.38. The van der Waals surface area contributed by atoms with Gasteiger partial charge in [0.25, 0.3) is 10.0 Å². The van der Waals surface area contributed by atoms with Crippen LogP contribution in [-0.2, 0) is 26.2 Å². The first-order valence-corrected chi connectivity index (χ1v) is 13.5. The van der Waals surface area contributed by atoms with Gasteiger partial charge in [0.1, 0.15) is 16.9 Å². The molecule has 10 nitrogen and oxygen atoms in total. The SMILES string of the molecule is C#CCN(C)C(=N)c1ccc(CN2C(=O)CN(S(=O)(=O)c3cc(/C=C(\C)CC)c(C)[nH]3)CC2C(=O)O)cc1. The molecule has 202 valence electrons. The van der Waals surface area contributed by atoms with Gasteiger partial charge in [-0.15, -0.1) is 6.42 Å². The number of benzene rings is 1. The van der Waals surface area contributed by atoms with E-state index in [4.69, 9.17) is 11.8 Å². The third-order valence-corrected chi connectivity index (χ3v) is 8.30. The molecule has 1 unspecified atom stereocenters. The molecule has 0 aliphatic carbocycles. The number of amides is 1. The summed E-state index contributed by atoms with van der Waals surface area (Å²) >= 11 is 0. The molecule has 0 spiro atoms. The van der Waals surface area contributed by atoms with Crippen LogP contribution in [0.4, 0.5) is 0 Å². The number of H-pyrrole nitrogens is 1. The summed E-state index contributed by atoms with van der Waals surface area (Å²) in [6, 6.07) is 6.97. The number of sulfonamides is 1. The second-order valence-electron chi connectivity index (χ2n) is 9.34. The van der Waals surface area contributed by atoms with Gasteiger partial charge in [-0.3, -0.25) is 10.2 Å². The van der Waals surface area contributed by atoms with E-state index in [0.717, 1.165) is 21.9 Å². The Hall–Kier alpha value is -3.88. The Morgan fingerprint density at radius 1 is 1.34 bits per heavy atom. The number of amidine groups is 1. The van der Waals surface area contributed by atoms with Crippen LogP contribution in [0.1, 0.15) is 42.7 Å². The highest BCUT2D eigenvalue weighted by Gasteiger charge is 2.42. The summed E-state index contributed by atoms with van der Waals surface area (Å²) in [5, 5.41) is 18.0. The molecule has 1 amide bonds. The fourth-order valence-corrected chi connectivity index (χ4v) is 5.56. The molecule has 1 aliphatic heterocycles. The lowest BCUT2D eigenvalue weighted by molar-refractivity contribution is -0.154. The normalized spacial score (nSPS) is 16.8. The van der Waals surface area contributed by atoms with Gasteiger partial charge in [-0.2, -0.15) is 4.31 Å². The number of rotatable bonds is 9. The number of aliphatic carboxylic acids is 1. The van der Waals surface area contributed by atoms with Gasteiger partial charge in [0.15, 0.2) is 0 Å². The number of terminal acetylenes is 1. The van der Waals surface area contributed by atoms with E-state index in [1.54, 1.807) is 43.1 Å². The molecule has 1 atom stereocenters. The van der Waals surface area contributed by atoms with Crippen LogP contribution in [0.2, 0.25) is 0 Å². The van der Waals surface area contributed by atoms with Crippen molar-refractivity contribution in [2.75, 3.05) is 26.7 Å². The minimum Gasteiger partial charge on any atom is -0.480 e. The number of carboxylic acid groups (broad SMARTS) is 1. The number of piperazine rings is 1. The highest BCUT2D eigenvalue weighted by molar-refractivity contribution is 7.89. The molecule has 1 aromatic heterocycles. The summed E-state index contributed by atoms with van der Waals surface area (Å²) in [6.45, 7) is 5.14. The van der Waals surface area contributed by atoms with Crippen molar-refractivity contribution in [3.63, 3.8) is 0 Å². The third kappa shape index (κ3) is 6.15. The maximum atomic E-state index is 13.4. The van der Waals surface area contributed by atoms with Crippen LogP contribution in [0.3, 0.4) is 0 Å². The predicted molar refractivity (Wildman–Crippen MR) is 145 cm³/mol. The van der Waals surface area contributed by atoms with Crippen molar-refractivity contribution in [2.24, 2.45) is 0 Å². The maximum absolute atomic E-state index is 13.4. The Morgan fingerprint density at radius 3 is 2.58 bits per heavy atom. The van der Waals surface area contributed by atoms with Gasteiger partial charge in [0.05, 0.1) is 13.1 Å². The molecule has 11 heteroatoms. The zero-order chi connectivity index (χ0) is 28.2. The number of hydrogen-bond acceptors (Lipinski definition) is 5. The van der Waals surface area contributed by atoms with Crippen molar-refractivity contribution in [3.05, 3.63) is 58.3 Å². The number of allylic oxidation sites excluding steroid dienone is 1. The van der Waals surface area contributed by atoms with Gasteiger partial charge in [0.2, 0.25) is 5.91 Å². The Kier molecular flexibility index (Phi) is 8.81. The van der Waals surface area contributed by atoms with Crippen molar-refractivity contribution in [2.45, 2.75) is 44.8 Å². The van der Waals surface area contributed by atoms with Crippen LogP contribution in [0, 0.1) is 24.7 Å². The summed E-state index contributed by atoms with van der Waals surface area (Å²) < 4.78 is 27.6. The summed E-state index contributed by atoms with van der Waals surface area (Å²) in [5.74, 6) is 0.806. The van der Waals surface area contributed by atoms with Gasteiger partial charge < -0.3 is 19.9 Å². The summed E-state index contributed by atoms with van der Waals surface area (Å²) in [5.41, 5.74) is 3.74. The predicted octanol–water partition coefficient (Wildman–Crippen LogP) is 2.51. The molecule has 1 aliphatic rings. The quantitative estimate of drug-likeness (QED) is 0.254. The number of aromatic amines is 1.